The molecular weight excluding hydrogens is 400 g/mol. The second-order valence-electron chi connectivity index (χ2n) is 7.59. The van der Waals surface area contributed by atoms with Gasteiger partial charge in [-0.05, 0) is 55.1 Å². The molecule has 25 heavy (non-hydrogen) atoms. The number of likely N-dealkylation sites (tertiary alicyclic amines) is 1. The molecule has 1 fully saturated rings. The van der Waals surface area contributed by atoms with Gasteiger partial charge in [-0.1, -0.05) is 36.7 Å². The third-order valence-corrected chi connectivity index (χ3v) is 5.51. The number of nitrogens with zero attached hydrogens (tertiary/aromatic N) is 3. The van der Waals surface area contributed by atoms with Crippen molar-refractivity contribution in [3.63, 3.8) is 0 Å². The van der Waals surface area contributed by atoms with Crippen molar-refractivity contribution >= 4 is 28.3 Å². The lowest BCUT2D eigenvalue weighted by atomic mass is 9.90. The fraction of sp³-hybridized carbons (Fsp3) is 0.526. The van der Waals surface area contributed by atoms with Crippen LogP contribution in [0, 0.1) is 5.41 Å². The van der Waals surface area contributed by atoms with Crippen molar-refractivity contribution in [2.24, 2.45) is 11.1 Å². The highest BCUT2D eigenvalue weighted by Gasteiger charge is 2.32. The van der Waals surface area contributed by atoms with Crippen molar-refractivity contribution < 1.29 is 0 Å². The zero-order valence-corrected chi connectivity index (χ0v) is 17.6. The molecule has 0 saturated carbocycles. The molecule has 4 nitrogen and oxygen atoms in total. The number of rotatable bonds is 5. The lowest BCUT2D eigenvalue weighted by Gasteiger charge is -2.22. The van der Waals surface area contributed by atoms with Crippen LogP contribution in [0.4, 0.5) is 0 Å². The predicted molar refractivity (Wildman–Crippen MR) is 110 cm³/mol. The van der Waals surface area contributed by atoms with Crippen molar-refractivity contribution in [1.29, 1.82) is 0 Å². The highest BCUT2D eigenvalue weighted by molar-refractivity contribution is 9.10. The molecule has 0 amide bonds. The van der Waals surface area contributed by atoms with Crippen LogP contribution < -0.4 is 5.73 Å². The van der Waals surface area contributed by atoms with Crippen LogP contribution in [0.5, 0.6) is 0 Å². The zero-order chi connectivity index (χ0) is 17.3. The molecule has 138 valence electrons. The van der Waals surface area contributed by atoms with Crippen molar-refractivity contribution in [3.05, 3.63) is 46.2 Å². The number of halogens is 2. The Morgan fingerprint density at radius 1 is 1.28 bits per heavy atom. The predicted octanol–water partition coefficient (Wildman–Crippen LogP) is 4.35. The van der Waals surface area contributed by atoms with E-state index in [2.05, 4.69) is 72.1 Å². The molecule has 2 N–H and O–H groups in total. The Bertz CT molecular complexity index is 698. The maximum Gasteiger partial charge on any atom is 0.0699 e. The zero-order valence-electron chi connectivity index (χ0n) is 15.2. The van der Waals surface area contributed by atoms with Crippen molar-refractivity contribution in [3.8, 4) is 5.69 Å². The molecule has 2 heterocycles. The molecule has 2 aromatic rings. The van der Waals surface area contributed by atoms with Gasteiger partial charge < -0.3 is 5.73 Å². The first kappa shape index (κ1) is 20.4. The molecule has 0 radical (unpaired) electrons. The highest BCUT2D eigenvalue weighted by atomic mass is 79.9. The first-order chi connectivity index (χ1) is 11.4. The van der Waals surface area contributed by atoms with E-state index in [-0.39, 0.29) is 17.8 Å². The second kappa shape index (κ2) is 8.21. The quantitative estimate of drug-likeness (QED) is 0.771. The normalized spacial score (nSPS) is 20.9. The van der Waals surface area contributed by atoms with Gasteiger partial charge >= 0.3 is 0 Å². The first-order valence-corrected chi connectivity index (χ1v) is 9.46. The van der Waals surface area contributed by atoms with Crippen molar-refractivity contribution in [2.45, 2.75) is 39.7 Å². The van der Waals surface area contributed by atoms with E-state index in [0.29, 0.717) is 5.92 Å². The van der Waals surface area contributed by atoms with Crippen LogP contribution in [-0.4, -0.2) is 34.3 Å². The summed E-state index contributed by atoms with van der Waals surface area (Å²) in [5.41, 5.74) is 9.83. The molecule has 1 aromatic heterocycles. The van der Waals surface area contributed by atoms with E-state index in [9.17, 15) is 0 Å². The second-order valence-corrected chi connectivity index (χ2v) is 8.51. The topological polar surface area (TPSA) is 47.1 Å². The van der Waals surface area contributed by atoms with E-state index in [1.165, 1.54) is 17.7 Å². The Balaban J connectivity index is 0.00000225. The largest absolute Gasteiger partial charge is 0.330 e. The molecule has 0 bridgehead atoms. The summed E-state index contributed by atoms with van der Waals surface area (Å²) in [5, 5.41) is 4.86. The third kappa shape index (κ3) is 4.64. The molecule has 0 spiro atoms. The maximum atomic E-state index is 5.95. The van der Waals surface area contributed by atoms with E-state index in [4.69, 9.17) is 10.8 Å². The van der Waals surface area contributed by atoms with Crippen LogP contribution in [0.2, 0.25) is 0 Å². The van der Waals surface area contributed by atoms with Gasteiger partial charge in [0.1, 0.15) is 0 Å². The summed E-state index contributed by atoms with van der Waals surface area (Å²) in [4.78, 5) is 2.52. The minimum Gasteiger partial charge on any atom is -0.330 e. The smallest absolute Gasteiger partial charge is 0.0699 e. The molecule has 1 aliphatic rings. The Kier molecular flexibility index (Phi) is 6.71. The van der Waals surface area contributed by atoms with Crippen molar-refractivity contribution in [2.75, 3.05) is 19.6 Å². The van der Waals surface area contributed by atoms with Crippen LogP contribution in [0.3, 0.4) is 0 Å². The Labute approximate surface area is 165 Å². The summed E-state index contributed by atoms with van der Waals surface area (Å²) >= 11 is 3.49. The summed E-state index contributed by atoms with van der Waals surface area (Å²) in [5.74, 6) is 0.417. The van der Waals surface area contributed by atoms with Crippen LogP contribution in [0.25, 0.3) is 5.69 Å². The van der Waals surface area contributed by atoms with E-state index in [1.54, 1.807) is 0 Å². The molecule has 1 atom stereocenters. The summed E-state index contributed by atoms with van der Waals surface area (Å²) in [7, 11) is 0. The van der Waals surface area contributed by atoms with E-state index < -0.39 is 0 Å². The van der Waals surface area contributed by atoms with Crippen LogP contribution in [-0.2, 0) is 6.54 Å². The van der Waals surface area contributed by atoms with Crippen LogP contribution >= 0.6 is 28.3 Å². The van der Waals surface area contributed by atoms with Gasteiger partial charge in [-0.2, -0.15) is 5.10 Å². The number of aromatic nitrogens is 2. The Morgan fingerprint density at radius 3 is 2.52 bits per heavy atom. The van der Waals surface area contributed by atoms with Gasteiger partial charge in [0.15, 0.2) is 0 Å². The van der Waals surface area contributed by atoms with Gasteiger partial charge in [0, 0.05) is 29.3 Å². The molecule has 1 unspecified atom stereocenters. The lowest BCUT2D eigenvalue weighted by molar-refractivity contribution is 0.273. The van der Waals surface area contributed by atoms with Crippen LogP contribution in [0.15, 0.2) is 34.9 Å². The molecule has 6 heteroatoms. The summed E-state index contributed by atoms with van der Waals surface area (Å²) < 4.78 is 3.09. The third-order valence-electron chi connectivity index (χ3n) is 4.98. The monoisotopic (exact) mass is 426 g/mol. The first-order valence-electron chi connectivity index (χ1n) is 8.67. The fourth-order valence-electron chi connectivity index (χ4n) is 3.43. The number of nitrogens with two attached hydrogens (primary N) is 1. The van der Waals surface area contributed by atoms with E-state index in [1.807, 2.05) is 4.68 Å². The van der Waals surface area contributed by atoms with E-state index in [0.717, 1.165) is 36.3 Å². The SMILES string of the molecule is CC(C)c1nn(-c2ccc(Br)cc2)cc1CN1CCC(C)(CN)C1.Cl. The van der Waals surface area contributed by atoms with Gasteiger partial charge in [0.25, 0.3) is 0 Å². The summed E-state index contributed by atoms with van der Waals surface area (Å²) in [6, 6.07) is 8.29. The van der Waals surface area contributed by atoms with Gasteiger partial charge in [-0.3, -0.25) is 4.90 Å². The Hall–Kier alpha value is -0.880. The minimum absolute atomic E-state index is 0. The van der Waals surface area contributed by atoms with Crippen LogP contribution in [0.1, 0.15) is 44.4 Å². The van der Waals surface area contributed by atoms with Gasteiger partial charge in [0.2, 0.25) is 0 Å². The lowest BCUT2D eigenvalue weighted by Crippen LogP contribution is -2.31. The minimum atomic E-state index is 0. The summed E-state index contributed by atoms with van der Waals surface area (Å²) in [6.07, 6.45) is 3.37. The molecular formula is C19H28BrClN4. The summed E-state index contributed by atoms with van der Waals surface area (Å²) in [6.45, 7) is 10.6. The Morgan fingerprint density at radius 2 is 1.96 bits per heavy atom. The standard InChI is InChI=1S/C19H27BrN4.ClH/c1-14(2)18-15(10-23-9-8-19(3,12-21)13-23)11-24(22-18)17-6-4-16(20)5-7-17;/h4-7,11,14H,8-10,12-13,21H2,1-3H3;1H. The van der Waals surface area contributed by atoms with Gasteiger partial charge in [-0.15, -0.1) is 12.4 Å². The molecule has 1 aromatic carbocycles. The van der Waals surface area contributed by atoms with Crippen molar-refractivity contribution in [1.82, 2.24) is 14.7 Å². The average molecular weight is 428 g/mol. The molecule has 0 aliphatic carbocycles. The number of hydrogen-bond acceptors (Lipinski definition) is 3. The number of benzene rings is 1. The highest BCUT2D eigenvalue weighted by Crippen LogP contribution is 2.31. The average Bonchev–Trinajstić information content (AvgIpc) is 3.13. The number of hydrogen-bond donors (Lipinski definition) is 1. The fourth-order valence-corrected chi connectivity index (χ4v) is 3.69. The maximum absolute atomic E-state index is 5.95. The molecule has 1 saturated heterocycles. The van der Waals surface area contributed by atoms with Gasteiger partial charge in [0.05, 0.1) is 11.4 Å². The van der Waals surface area contributed by atoms with E-state index >= 15 is 0 Å². The molecule has 3 rings (SSSR count). The van der Waals surface area contributed by atoms with Gasteiger partial charge in [-0.25, -0.2) is 4.68 Å². The molecule has 1 aliphatic heterocycles.